The van der Waals surface area contributed by atoms with Crippen LogP contribution in [0.4, 0.5) is 5.13 Å². The minimum Gasteiger partial charge on any atom is -0.348 e. The Morgan fingerprint density at radius 2 is 2.13 bits per heavy atom. The number of hydrogen-bond acceptors (Lipinski definition) is 4. The van der Waals surface area contributed by atoms with E-state index in [-0.39, 0.29) is 0 Å². The second-order valence-electron chi connectivity index (χ2n) is 4.33. The third-order valence-corrected chi connectivity index (χ3v) is 4.83. The molecule has 1 saturated heterocycles. The van der Waals surface area contributed by atoms with Gasteiger partial charge in [-0.1, -0.05) is 6.92 Å². The summed E-state index contributed by atoms with van der Waals surface area (Å²) in [6.45, 7) is 6.75. The molecule has 1 fully saturated rings. The predicted octanol–water partition coefficient (Wildman–Crippen LogP) is 3.12. The monoisotopic (exact) mass is 242 g/mol. The molecule has 84 valence electrons. The lowest BCUT2D eigenvalue weighted by Crippen LogP contribution is -2.32. The van der Waals surface area contributed by atoms with Crippen molar-refractivity contribution in [3.8, 4) is 0 Å². The van der Waals surface area contributed by atoms with E-state index in [2.05, 4.69) is 36.4 Å². The Balaban J connectivity index is 2.09. The number of thiol groups is 1. The summed E-state index contributed by atoms with van der Waals surface area (Å²) in [5.74, 6) is 1.69. The lowest BCUT2D eigenvalue weighted by Gasteiger charge is -2.29. The first-order chi connectivity index (χ1) is 7.20. The number of aromatic nitrogens is 1. The molecule has 0 bridgehead atoms. The van der Waals surface area contributed by atoms with Crippen LogP contribution in [-0.2, 0) is 5.75 Å². The molecule has 0 unspecified atom stereocenters. The van der Waals surface area contributed by atoms with Crippen molar-refractivity contribution in [3.63, 3.8) is 0 Å². The van der Waals surface area contributed by atoms with Gasteiger partial charge in [-0.15, -0.1) is 11.3 Å². The molecule has 1 aromatic rings. The predicted molar refractivity (Wildman–Crippen MR) is 70.2 cm³/mol. The second-order valence-corrected chi connectivity index (χ2v) is 5.71. The minimum absolute atomic E-state index is 0.813. The fourth-order valence-corrected chi connectivity index (χ4v) is 3.29. The van der Waals surface area contributed by atoms with Gasteiger partial charge in [-0.2, -0.15) is 12.6 Å². The van der Waals surface area contributed by atoms with E-state index >= 15 is 0 Å². The first-order valence-corrected chi connectivity index (χ1v) is 6.97. The van der Waals surface area contributed by atoms with Crippen LogP contribution in [0.3, 0.4) is 0 Å². The van der Waals surface area contributed by atoms with Crippen molar-refractivity contribution in [1.29, 1.82) is 0 Å². The van der Waals surface area contributed by atoms with Gasteiger partial charge in [0.25, 0.3) is 0 Å². The first kappa shape index (κ1) is 11.3. The largest absolute Gasteiger partial charge is 0.348 e. The summed E-state index contributed by atoms with van der Waals surface area (Å²) >= 11 is 6.13. The summed E-state index contributed by atoms with van der Waals surface area (Å²) in [6, 6.07) is 0. The van der Waals surface area contributed by atoms with Crippen molar-refractivity contribution in [2.45, 2.75) is 32.4 Å². The van der Waals surface area contributed by atoms with Crippen molar-refractivity contribution in [2.75, 3.05) is 18.0 Å². The smallest absolute Gasteiger partial charge is 0.185 e. The quantitative estimate of drug-likeness (QED) is 0.802. The van der Waals surface area contributed by atoms with Crippen LogP contribution in [0, 0.1) is 12.8 Å². The van der Waals surface area contributed by atoms with Crippen molar-refractivity contribution < 1.29 is 0 Å². The molecule has 1 aliphatic rings. The number of aryl methyl sites for hydroxylation is 1. The molecule has 0 aromatic carbocycles. The van der Waals surface area contributed by atoms with Crippen molar-refractivity contribution >= 4 is 29.1 Å². The lowest BCUT2D eigenvalue weighted by molar-refractivity contribution is 0.438. The highest BCUT2D eigenvalue weighted by molar-refractivity contribution is 7.79. The summed E-state index contributed by atoms with van der Waals surface area (Å²) in [5, 5.41) is 1.20. The van der Waals surface area contributed by atoms with Gasteiger partial charge in [-0.3, -0.25) is 0 Å². The van der Waals surface area contributed by atoms with Crippen LogP contribution in [0.15, 0.2) is 0 Å². The Bertz CT molecular complexity index is 327. The van der Waals surface area contributed by atoms with E-state index in [1.807, 2.05) is 0 Å². The lowest BCUT2D eigenvalue weighted by atomic mass is 10.00. The fourth-order valence-electron chi connectivity index (χ4n) is 1.89. The summed E-state index contributed by atoms with van der Waals surface area (Å²) in [4.78, 5) is 8.36. The highest BCUT2D eigenvalue weighted by Gasteiger charge is 2.19. The average molecular weight is 242 g/mol. The van der Waals surface area contributed by atoms with Gasteiger partial charge in [0, 0.05) is 23.7 Å². The van der Waals surface area contributed by atoms with Crippen LogP contribution in [0.1, 0.15) is 30.3 Å². The zero-order valence-corrected chi connectivity index (χ0v) is 11.1. The number of thiazole rings is 1. The van der Waals surface area contributed by atoms with Gasteiger partial charge in [-0.05, 0) is 25.7 Å². The average Bonchev–Trinajstić information content (AvgIpc) is 2.61. The van der Waals surface area contributed by atoms with Gasteiger partial charge < -0.3 is 4.90 Å². The molecule has 1 aliphatic heterocycles. The highest BCUT2D eigenvalue weighted by Crippen LogP contribution is 2.30. The molecule has 0 saturated carbocycles. The minimum atomic E-state index is 0.813. The van der Waals surface area contributed by atoms with E-state index < -0.39 is 0 Å². The molecule has 0 N–H and O–H groups in total. The molecule has 4 heteroatoms. The third kappa shape index (κ3) is 2.48. The zero-order valence-electron chi connectivity index (χ0n) is 9.36. The molecule has 2 heterocycles. The normalized spacial score (nSPS) is 18.5. The van der Waals surface area contributed by atoms with Crippen LogP contribution in [-0.4, -0.2) is 18.1 Å². The zero-order chi connectivity index (χ0) is 10.8. The van der Waals surface area contributed by atoms with E-state index in [1.54, 1.807) is 11.3 Å². The number of hydrogen-bond donors (Lipinski definition) is 1. The molecule has 0 spiro atoms. The topological polar surface area (TPSA) is 16.1 Å². The van der Waals surface area contributed by atoms with Crippen LogP contribution in [0.25, 0.3) is 0 Å². The van der Waals surface area contributed by atoms with Crippen molar-refractivity contribution in [2.24, 2.45) is 5.92 Å². The summed E-state index contributed by atoms with van der Waals surface area (Å²) in [5.41, 5.74) is 1.16. The van der Waals surface area contributed by atoms with Gasteiger partial charge in [0.2, 0.25) is 0 Å². The van der Waals surface area contributed by atoms with Gasteiger partial charge in [0.05, 0.1) is 5.69 Å². The maximum Gasteiger partial charge on any atom is 0.185 e. The SMILES string of the molecule is Cc1nc(N2CCC(C)CC2)sc1CS. The van der Waals surface area contributed by atoms with Crippen LogP contribution in [0.2, 0.25) is 0 Å². The third-order valence-electron chi connectivity index (χ3n) is 3.08. The summed E-state index contributed by atoms with van der Waals surface area (Å²) in [7, 11) is 0. The molecule has 0 atom stereocenters. The van der Waals surface area contributed by atoms with Gasteiger partial charge in [-0.25, -0.2) is 4.98 Å². The fraction of sp³-hybridized carbons (Fsp3) is 0.727. The molecule has 0 aliphatic carbocycles. The molecule has 0 amide bonds. The van der Waals surface area contributed by atoms with Gasteiger partial charge in [0.1, 0.15) is 0 Å². The maximum absolute atomic E-state index is 4.63. The number of anilines is 1. The molecule has 2 rings (SSSR count). The summed E-state index contributed by atoms with van der Waals surface area (Å²) in [6.07, 6.45) is 2.60. The Morgan fingerprint density at radius 3 is 2.67 bits per heavy atom. The second kappa shape index (κ2) is 4.74. The van der Waals surface area contributed by atoms with E-state index in [0.717, 1.165) is 17.4 Å². The van der Waals surface area contributed by atoms with E-state index in [1.165, 1.54) is 35.9 Å². The molecular weight excluding hydrogens is 224 g/mol. The van der Waals surface area contributed by atoms with E-state index in [9.17, 15) is 0 Å². The Hall–Kier alpha value is -0.220. The molecular formula is C11H18N2S2. The highest BCUT2D eigenvalue weighted by atomic mass is 32.1. The van der Waals surface area contributed by atoms with Crippen LogP contribution >= 0.6 is 24.0 Å². The molecule has 0 radical (unpaired) electrons. The molecule has 15 heavy (non-hydrogen) atoms. The van der Waals surface area contributed by atoms with Crippen LogP contribution < -0.4 is 4.90 Å². The standard InChI is InChI=1S/C11H18N2S2/c1-8-3-5-13(6-4-8)11-12-9(2)10(7-14)15-11/h8,14H,3-7H2,1-2H3. The van der Waals surface area contributed by atoms with E-state index in [4.69, 9.17) is 0 Å². The number of piperidine rings is 1. The number of rotatable bonds is 2. The van der Waals surface area contributed by atoms with Gasteiger partial charge in [0.15, 0.2) is 5.13 Å². The van der Waals surface area contributed by atoms with Crippen molar-refractivity contribution in [1.82, 2.24) is 4.98 Å². The Labute approximate surface area is 101 Å². The van der Waals surface area contributed by atoms with E-state index in [0.29, 0.717) is 0 Å². The van der Waals surface area contributed by atoms with Crippen molar-refractivity contribution in [3.05, 3.63) is 10.6 Å². The maximum atomic E-state index is 4.63. The van der Waals surface area contributed by atoms with Gasteiger partial charge >= 0.3 is 0 Å². The molecule has 2 nitrogen and oxygen atoms in total. The van der Waals surface area contributed by atoms with Crippen LogP contribution in [0.5, 0.6) is 0 Å². The Kier molecular flexibility index (Phi) is 3.57. The Morgan fingerprint density at radius 1 is 1.47 bits per heavy atom. The summed E-state index contributed by atoms with van der Waals surface area (Å²) < 4.78 is 0. The first-order valence-electron chi connectivity index (χ1n) is 5.53. The molecule has 1 aromatic heterocycles. The number of nitrogens with zero attached hydrogens (tertiary/aromatic N) is 2.